The number of rotatable bonds is 5. The molecule has 1 rings (SSSR count). The average Bonchev–Trinajstić information content (AvgIpc) is 2.66. The molecule has 0 aliphatic heterocycles. The lowest BCUT2D eigenvalue weighted by atomic mass is 10.3. The van der Waals surface area contributed by atoms with Crippen molar-refractivity contribution in [3.63, 3.8) is 0 Å². The summed E-state index contributed by atoms with van der Waals surface area (Å²) < 4.78 is 0. The summed E-state index contributed by atoms with van der Waals surface area (Å²) >= 11 is 1.55. The van der Waals surface area contributed by atoms with Gasteiger partial charge in [-0.05, 0) is 7.05 Å². The third-order valence-corrected chi connectivity index (χ3v) is 2.53. The Bertz CT molecular complexity index is 282. The summed E-state index contributed by atoms with van der Waals surface area (Å²) in [5.74, 6) is 0.146. The fraction of sp³-hybridized carbons (Fsp3) is 0.556. The highest BCUT2D eigenvalue weighted by atomic mass is 35.5. The summed E-state index contributed by atoms with van der Waals surface area (Å²) in [6.07, 6.45) is 0.539. The second-order valence-electron chi connectivity index (χ2n) is 3.08. The molecule has 1 N–H and O–H groups in total. The maximum Gasteiger partial charge on any atom is 0.223 e. The second kappa shape index (κ2) is 9.84. The van der Waals surface area contributed by atoms with Gasteiger partial charge in [0, 0.05) is 25.4 Å². The zero-order chi connectivity index (χ0) is 10.4. The summed E-state index contributed by atoms with van der Waals surface area (Å²) in [7, 11) is 3.64. The van der Waals surface area contributed by atoms with E-state index >= 15 is 0 Å². The highest BCUT2D eigenvalue weighted by Gasteiger charge is 2.08. The summed E-state index contributed by atoms with van der Waals surface area (Å²) in [5, 5.41) is 4.91. The fourth-order valence-corrected chi connectivity index (χ4v) is 1.62. The molecule has 0 saturated carbocycles. The molecule has 16 heavy (non-hydrogen) atoms. The van der Waals surface area contributed by atoms with Crippen LogP contribution in [-0.2, 0) is 11.3 Å². The molecule has 0 saturated heterocycles. The zero-order valence-corrected chi connectivity index (χ0v) is 11.8. The largest absolute Gasteiger partial charge is 0.340 e. The molecule has 0 aromatic carbocycles. The molecule has 0 unspecified atom stereocenters. The highest BCUT2D eigenvalue weighted by molar-refractivity contribution is 7.07. The summed E-state index contributed by atoms with van der Waals surface area (Å²) in [6, 6.07) is 0. The van der Waals surface area contributed by atoms with Gasteiger partial charge in [0.15, 0.2) is 0 Å². The van der Waals surface area contributed by atoms with Crippen molar-refractivity contribution in [1.29, 1.82) is 0 Å². The molecule has 1 aromatic heterocycles. The van der Waals surface area contributed by atoms with Crippen LogP contribution >= 0.6 is 36.2 Å². The lowest BCUT2D eigenvalue weighted by Crippen LogP contribution is -2.28. The molecule has 94 valence electrons. The number of hydrogen-bond acceptors (Lipinski definition) is 4. The molecule has 1 amide bonds. The van der Waals surface area contributed by atoms with E-state index in [9.17, 15) is 4.79 Å². The number of hydrogen-bond donors (Lipinski definition) is 1. The maximum absolute atomic E-state index is 11.5. The topological polar surface area (TPSA) is 45.2 Å². The lowest BCUT2D eigenvalue weighted by molar-refractivity contribution is -0.130. The molecule has 4 nitrogen and oxygen atoms in total. The first-order chi connectivity index (χ1) is 6.74. The first-order valence-corrected chi connectivity index (χ1v) is 5.44. The van der Waals surface area contributed by atoms with Gasteiger partial charge in [0.2, 0.25) is 5.91 Å². The quantitative estimate of drug-likeness (QED) is 0.893. The Balaban J connectivity index is 0. The predicted molar refractivity (Wildman–Crippen MR) is 71.6 cm³/mol. The summed E-state index contributed by atoms with van der Waals surface area (Å²) in [4.78, 5) is 17.3. The molecule has 1 heterocycles. The Hall–Kier alpha value is -0.360. The van der Waals surface area contributed by atoms with Gasteiger partial charge < -0.3 is 10.2 Å². The van der Waals surface area contributed by atoms with Crippen LogP contribution in [0.1, 0.15) is 12.1 Å². The van der Waals surface area contributed by atoms with E-state index in [-0.39, 0.29) is 30.7 Å². The fourth-order valence-electron chi connectivity index (χ4n) is 1.07. The first-order valence-electron chi connectivity index (χ1n) is 4.49. The SMILES string of the molecule is CNCCC(=O)N(C)Cc1cscn1.Cl.Cl. The minimum absolute atomic E-state index is 0. The summed E-state index contributed by atoms with van der Waals surface area (Å²) in [5.41, 5.74) is 2.73. The number of amides is 1. The van der Waals surface area contributed by atoms with Crippen LogP contribution in [-0.4, -0.2) is 36.4 Å². The van der Waals surface area contributed by atoms with Crippen molar-refractivity contribution in [2.75, 3.05) is 20.6 Å². The van der Waals surface area contributed by atoms with Gasteiger partial charge in [-0.25, -0.2) is 4.98 Å². The molecular formula is C9H17Cl2N3OS. The third kappa shape index (κ3) is 6.27. The monoisotopic (exact) mass is 285 g/mol. The van der Waals surface area contributed by atoms with Crippen LogP contribution in [0, 0.1) is 0 Å². The molecule has 0 aliphatic rings. The van der Waals surface area contributed by atoms with Crippen molar-refractivity contribution >= 4 is 42.1 Å². The van der Waals surface area contributed by atoms with E-state index in [4.69, 9.17) is 0 Å². The van der Waals surface area contributed by atoms with E-state index in [1.54, 1.807) is 28.8 Å². The smallest absolute Gasteiger partial charge is 0.223 e. The average molecular weight is 286 g/mol. The van der Waals surface area contributed by atoms with E-state index in [1.807, 2.05) is 12.4 Å². The minimum atomic E-state index is 0. The second-order valence-corrected chi connectivity index (χ2v) is 3.80. The Labute approximate surface area is 112 Å². The number of nitrogens with zero attached hydrogens (tertiary/aromatic N) is 2. The van der Waals surface area contributed by atoms with Gasteiger partial charge in [0.1, 0.15) is 0 Å². The van der Waals surface area contributed by atoms with Crippen molar-refractivity contribution in [2.45, 2.75) is 13.0 Å². The van der Waals surface area contributed by atoms with E-state index in [2.05, 4.69) is 10.3 Å². The highest BCUT2D eigenvalue weighted by Crippen LogP contribution is 2.04. The Kier molecular flexibility index (Phi) is 11.1. The van der Waals surface area contributed by atoms with Gasteiger partial charge >= 0.3 is 0 Å². The number of carbonyl (C=O) groups is 1. The van der Waals surface area contributed by atoms with E-state index in [1.165, 1.54) is 0 Å². The molecule has 7 heteroatoms. The van der Waals surface area contributed by atoms with Gasteiger partial charge in [0.05, 0.1) is 17.7 Å². The molecule has 0 atom stereocenters. The lowest BCUT2D eigenvalue weighted by Gasteiger charge is -2.15. The van der Waals surface area contributed by atoms with E-state index in [0.29, 0.717) is 13.0 Å². The van der Waals surface area contributed by atoms with Crippen molar-refractivity contribution in [3.05, 3.63) is 16.6 Å². The van der Waals surface area contributed by atoms with E-state index in [0.717, 1.165) is 12.2 Å². The van der Waals surface area contributed by atoms with Crippen LogP contribution in [0.4, 0.5) is 0 Å². The summed E-state index contributed by atoms with van der Waals surface area (Å²) in [6.45, 7) is 1.33. The Morgan fingerprint density at radius 3 is 2.75 bits per heavy atom. The number of aromatic nitrogens is 1. The number of nitrogens with one attached hydrogen (secondary N) is 1. The van der Waals surface area contributed by atoms with Crippen LogP contribution in [0.15, 0.2) is 10.9 Å². The van der Waals surface area contributed by atoms with Crippen LogP contribution in [0.3, 0.4) is 0 Å². The molecule has 0 aliphatic carbocycles. The molecule has 0 fully saturated rings. The van der Waals surface area contributed by atoms with Crippen LogP contribution in [0.25, 0.3) is 0 Å². The van der Waals surface area contributed by atoms with Crippen molar-refractivity contribution in [3.8, 4) is 0 Å². The molecular weight excluding hydrogens is 269 g/mol. The van der Waals surface area contributed by atoms with Crippen molar-refractivity contribution in [2.24, 2.45) is 0 Å². The predicted octanol–water partition coefficient (Wildman–Crippen LogP) is 1.55. The minimum Gasteiger partial charge on any atom is -0.340 e. The van der Waals surface area contributed by atoms with Gasteiger partial charge in [0.25, 0.3) is 0 Å². The number of halogens is 2. The van der Waals surface area contributed by atoms with Gasteiger partial charge in [-0.2, -0.15) is 0 Å². The molecule has 0 bridgehead atoms. The molecule has 1 aromatic rings. The zero-order valence-electron chi connectivity index (χ0n) is 9.30. The van der Waals surface area contributed by atoms with Crippen molar-refractivity contribution in [1.82, 2.24) is 15.2 Å². The van der Waals surface area contributed by atoms with Crippen LogP contribution in [0.5, 0.6) is 0 Å². The Morgan fingerprint density at radius 1 is 1.56 bits per heavy atom. The number of carbonyl (C=O) groups excluding carboxylic acids is 1. The van der Waals surface area contributed by atoms with E-state index < -0.39 is 0 Å². The standard InChI is InChI=1S/C9H15N3OS.2ClH/c1-10-4-3-9(13)12(2)5-8-6-14-7-11-8;;/h6-7,10H,3-5H2,1-2H3;2*1H. The maximum atomic E-state index is 11.5. The van der Waals surface area contributed by atoms with Crippen LogP contribution < -0.4 is 5.32 Å². The molecule has 0 spiro atoms. The van der Waals surface area contributed by atoms with Gasteiger partial charge in [-0.15, -0.1) is 36.2 Å². The van der Waals surface area contributed by atoms with Gasteiger partial charge in [-0.3, -0.25) is 4.79 Å². The first kappa shape index (κ1) is 18.0. The normalized spacial score (nSPS) is 8.88. The van der Waals surface area contributed by atoms with Crippen molar-refractivity contribution < 1.29 is 4.79 Å². The Morgan fingerprint density at radius 2 is 2.25 bits per heavy atom. The third-order valence-electron chi connectivity index (χ3n) is 1.90. The van der Waals surface area contributed by atoms with Crippen LogP contribution in [0.2, 0.25) is 0 Å². The van der Waals surface area contributed by atoms with Gasteiger partial charge in [-0.1, -0.05) is 0 Å². The molecule has 0 radical (unpaired) electrons. The number of thiazole rings is 1.